The van der Waals surface area contributed by atoms with Gasteiger partial charge in [-0.05, 0) is 24.1 Å². The third-order valence-electron chi connectivity index (χ3n) is 4.47. The van der Waals surface area contributed by atoms with E-state index in [0.29, 0.717) is 34.0 Å². The fraction of sp³-hybridized carbons (Fsp3) is 0.312. The van der Waals surface area contributed by atoms with Gasteiger partial charge >= 0.3 is 0 Å². The Hall–Kier alpha value is -1.90. The normalized spacial score (nSPS) is 19.2. The van der Waals surface area contributed by atoms with E-state index in [1.54, 1.807) is 22.9 Å². The molecule has 10 heteroatoms. The smallest absolute Gasteiger partial charge is 0.264 e. The van der Waals surface area contributed by atoms with Crippen LogP contribution in [0.1, 0.15) is 18.0 Å². The van der Waals surface area contributed by atoms with Crippen molar-refractivity contribution >= 4 is 44.1 Å². The van der Waals surface area contributed by atoms with Gasteiger partial charge in [-0.3, -0.25) is 9.36 Å². The van der Waals surface area contributed by atoms with Gasteiger partial charge in [-0.15, -0.1) is 0 Å². The molecule has 1 aromatic carbocycles. The molecule has 7 nitrogen and oxygen atoms in total. The molecule has 3 aromatic rings. The predicted molar refractivity (Wildman–Crippen MR) is 99.7 cm³/mol. The molecule has 1 saturated heterocycles. The molecule has 3 heterocycles. The highest BCUT2D eigenvalue weighted by atomic mass is 35.5. The first-order chi connectivity index (χ1) is 12.3. The van der Waals surface area contributed by atoms with E-state index in [9.17, 15) is 13.2 Å². The van der Waals surface area contributed by atoms with Crippen LogP contribution in [-0.2, 0) is 16.4 Å². The average molecular weight is 413 g/mol. The van der Waals surface area contributed by atoms with E-state index >= 15 is 0 Å². The van der Waals surface area contributed by atoms with Gasteiger partial charge in [-0.25, -0.2) is 18.1 Å². The van der Waals surface area contributed by atoms with Gasteiger partial charge in [0.2, 0.25) is 0 Å². The van der Waals surface area contributed by atoms with Crippen molar-refractivity contribution in [3.63, 3.8) is 0 Å². The molecule has 26 heavy (non-hydrogen) atoms. The predicted octanol–water partition coefficient (Wildman–Crippen LogP) is 2.31. The number of sulfone groups is 1. The highest BCUT2D eigenvalue weighted by molar-refractivity contribution is 7.91. The number of nitrogens with zero attached hydrogens (tertiary/aromatic N) is 4. The number of hydrogen-bond acceptors (Lipinski definition) is 5. The summed E-state index contributed by atoms with van der Waals surface area (Å²) in [5.74, 6) is 0.158. The van der Waals surface area contributed by atoms with Gasteiger partial charge in [0, 0.05) is 0 Å². The van der Waals surface area contributed by atoms with Crippen LogP contribution < -0.4 is 5.56 Å². The Kier molecular flexibility index (Phi) is 4.29. The summed E-state index contributed by atoms with van der Waals surface area (Å²) in [5, 5.41) is 5.44. The van der Waals surface area contributed by atoms with Gasteiger partial charge in [0.15, 0.2) is 15.5 Å². The molecule has 1 aliphatic rings. The first-order valence-corrected chi connectivity index (χ1v) is 10.5. The zero-order chi connectivity index (χ0) is 18.5. The standard InChI is InChI=1S/C16H14Cl2N4O3S/c17-13-2-1-10(5-14(13)18)7-21-9-19-15-12(16(21)23)6-20-22(15)11-3-4-26(24,25)8-11/h1-2,5-6,9,11H,3-4,7-8H2/t11-/m1/s1. The number of aromatic nitrogens is 4. The second kappa shape index (κ2) is 6.37. The minimum absolute atomic E-state index is 0.0256. The van der Waals surface area contributed by atoms with Crippen molar-refractivity contribution in [2.24, 2.45) is 0 Å². The summed E-state index contributed by atoms with van der Waals surface area (Å²) in [6.07, 6.45) is 3.36. The largest absolute Gasteiger partial charge is 0.294 e. The van der Waals surface area contributed by atoms with E-state index in [1.165, 1.54) is 17.1 Å². The van der Waals surface area contributed by atoms with Crippen molar-refractivity contribution < 1.29 is 8.42 Å². The summed E-state index contributed by atoms with van der Waals surface area (Å²) in [6, 6.07) is 4.88. The zero-order valence-corrected chi connectivity index (χ0v) is 15.8. The van der Waals surface area contributed by atoms with E-state index in [2.05, 4.69) is 10.1 Å². The van der Waals surface area contributed by atoms with Crippen molar-refractivity contribution in [1.29, 1.82) is 0 Å². The van der Waals surface area contributed by atoms with Crippen molar-refractivity contribution in [2.45, 2.75) is 19.0 Å². The summed E-state index contributed by atoms with van der Waals surface area (Å²) in [4.78, 5) is 17.1. The summed E-state index contributed by atoms with van der Waals surface area (Å²) >= 11 is 11.9. The topological polar surface area (TPSA) is 86.8 Å². The maximum absolute atomic E-state index is 12.7. The van der Waals surface area contributed by atoms with Crippen LogP contribution in [0.15, 0.2) is 35.5 Å². The zero-order valence-electron chi connectivity index (χ0n) is 13.5. The summed E-state index contributed by atoms with van der Waals surface area (Å²) in [7, 11) is -3.05. The summed E-state index contributed by atoms with van der Waals surface area (Å²) in [5.41, 5.74) is 0.979. The van der Waals surface area contributed by atoms with Crippen LogP contribution in [0, 0.1) is 0 Å². The molecule has 0 bridgehead atoms. The van der Waals surface area contributed by atoms with Crippen molar-refractivity contribution in [3.05, 3.63) is 56.7 Å². The molecule has 0 saturated carbocycles. The average Bonchev–Trinajstić information content (AvgIpc) is 3.17. The molecular weight excluding hydrogens is 399 g/mol. The monoisotopic (exact) mass is 412 g/mol. The van der Waals surface area contributed by atoms with Crippen molar-refractivity contribution in [1.82, 2.24) is 19.3 Å². The lowest BCUT2D eigenvalue weighted by Gasteiger charge is -2.10. The molecule has 2 aromatic heterocycles. The molecule has 0 radical (unpaired) electrons. The molecule has 4 rings (SSSR count). The molecule has 0 unspecified atom stereocenters. The van der Waals surface area contributed by atoms with Gasteiger partial charge in [0.25, 0.3) is 5.56 Å². The van der Waals surface area contributed by atoms with Gasteiger partial charge in [0.1, 0.15) is 11.7 Å². The van der Waals surface area contributed by atoms with Gasteiger partial charge in [-0.1, -0.05) is 29.3 Å². The SMILES string of the molecule is O=c1c2cnn([C@@H]3CCS(=O)(=O)C3)c2ncn1Cc1ccc(Cl)c(Cl)c1. The quantitative estimate of drug-likeness (QED) is 0.658. The van der Waals surface area contributed by atoms with E-state index in [1.807, 2.05) is 0 Å². The van der Waals surface area contributed by atoms with E-state index < -0.39 is 9.84 Å². The number of rotatable bonds is 3. The molecule has 1 fully saturated rings. The molecule has 0 spiro atoms. The van der Waals surface area contributed by atoms with Crippen LogP contribution >= 0.6 is 23.2 Å². The summed E-state index contributed by atoms with van der Waals surface area (Å²) < 4.78 is 26.4. The maximum Gasteiger partial charge on any atom is 0.264 e. The minimum Gasteiger partial charge on any atom is -0.294 e. The first kappa shape index (κ1) is 17.5. The lowest BCUT2D eigenvalue weighted by molar-refractivity contribution is 0.511. The third kappa shape index (κ3) is 3.13. The fourth-order valence-corrected chi connectivity index (χ4v) is 5.16. The van der Waals surface area contributed by atoms with E-state index in [-0.39, 0.29) is 23.1 Å². The van der Waals surface area contributed by atoms with Crippen molar-refractivity contribution in [3.8, 4) is 0 Å². The van der Waals surface area contributed by atoms with Gasteiger partial charge in [-0.2, -0.15) is 5.10 Å². The number of hydrogen-bond donors (Lipinski definition) is 0. The molecule has 1 aliphatic heterocycles. The van der Waals surface area contributed by atoms with Crippen LogP contribution in [0.5, 0.6) is 0 Å². The van der Waals surface area contributed by atoms with Crippen molar-refractivity contribution in [2.75, 3.05) is 11.5 Å². The van der Waals surface area contributed by atoms with Crippen LogP contribution in [-0.4, -0.2) is 39.3 Å². The second-order valence-corrected chi connectivity index (χ2v) is 9.35. The van der Waals surface area contributed by atoms with Crippen LogP contribution in [0.2, 0.25) is 10.0 Å². The first-order valence-electron chi connectivity index (χ1n) is 7.91. The second-order valence-electron chi connectivity index (χ2n) is 6.31. The molecule has 1 atom stereocenters. The molecule has 0 N–H and O–H groups in total. The lowest BCUT2D eigenvalue weighted by atomic mass is 10.2. The Morgan fingerprint density at radius 1 is 1.23 bits per heavy atom. The Morgan fingerprint density at radius 3 is 2.73 bits per heavy atom. The van der Waals surface area contributed by atoms with Gasteiger partial charge in [0.05, 0.1) is 40.3 Å². The Morgan fingerprint density at radius 2 is 2.04 bits per heavy atom. The molecule has 0 aliphatic carbocycles. The molecule has 0 amide bonds. The number of halogens is 2. The van der Waals surface area contributed by atoms with Gasteiger partial charge < -0.3 is 0 Å². The minimum atomic E-state index is -3.05. The van der Waals surface area contributed by atoms with E-state index in [4.69, 9.17) is 23.2 Å². The molecular formula is C16H14Cl2N4O3S. The fourth-order valence-electron chi connectivity index (χ4n) is 3.15. The van der Waals surface area contributed by atoms with E-state index in [0.717, 1.165) is 5.56 Å². The Labute approximate surface area is 159 Å². The maximum atomic E-state index is 12.7. The summed E-state index contributed by atoms with van der Waals surface area (Å²) in [6.45, 7) is 0.293. The Balaban J connectivity index is 1.70. The highest BCUT2D eigenvalue weighted by Gasteiger charge is 2.31. The lowest BCUT2D eigenvalue weighted by Crippen LogP contribution is -2.21. The van der Waals surface area contributed by atoms with Crippen LogP contribution in [0.3, 0.4) is 0 Å². The number of fused-ring (bicyclic) bond motifs is 1. The number of benzene rings is 1. The highest BCUT2D eigenvalue weighted by Crippen LogP contribution is 2.25. The van der Waals surface area contributed by atoms with Crippen LogP contribution in [0.4, 0.5) is 0 Å². The third-order valence-corrected chi connectivity index (χ3v) is 6.96. The van der Waals surface area contributed by atoms with Crippen LogP contribution in [0.25, 0.3) is 11.0 Å². The molecule has 136 valence electrons. The Bertz CT molecular complexity index is 1170.